The number of hydrogen-bond acceptors (Lipinski definition) is 4. The molecular formula is C14H15ClN2O2S. The van der Waals surface area contributed by atoms with Crippen LogP contribution in [0.3, 0.4) is 0 Å². The van der Waals surface area contributed by atoms with Crippen LogP contribution in [0.1, 0.15) is 21.9 Å². The summed E-state index contributed by atoms with van der Waals surface area (Å²) >= 11 is 7.78. The molecule has 0 bridgehead atoms. The van der Waals surface area contributed by atoms with Gasteiger partial charge >= 0.3 is 0 Å². The van der Waals surface area contributed by atoms with Gasteiger partial charge in [0.1, 0.15) is 11.5 Å². The Kier molecular flexibility index (Phi) is 4.98. The molecule has 106 valence electrons. The van der Waals surface area contributed by atoms with Gasteiger partial charge in [-0.2, -0.15) is 11.8 Å². The third-order valence-corrected chi connectivity index (χ3v) is 3.61. The van der Waals surface area contributed by atoms with E-state index >= 15 is 0 Å². The van der Waals surface area contributed by atoms with E-state index < -0.39 is 5.91 Å². The molecule has 0 aliphatic heterocycles. The van der Waals surface area contributed by atoms with E-state index in [1.807, 2.05) is 18.4 Å². The van der Waals surface area contributed by atoms with Crippen LogP contribution in [0.2, 0.25) is 5.02 Å². The lowest BCUT2D eigenvalue weighted by molar-refractivity contribution is 0.100. The third kappa shape index (κ3) is 3.71. The summed E-state index contributed by atoms with van der Waals surface area (Å²) < 4.78 is 5.65. The number of amides is 1. The molecule has 3 N–H and O–H groups in total. The molecule has 1 aromatic carbocycles. The molecular weight excluding hydrogens is 296 g/mol. The quantitative estimate of drug-likeness (QED) is 0.856. The van der Waals surface area contributed by atoms with Gasteiger partial charge in [0.15, 0.2) is 0 Å². The molecule has 6 heteroatoms. The van der Waals surface area contributed by atoms with Crippen LogP contribution < -0.4 is 11.1 Å². The predicted octanol–water partition coefficient (Wildman–Crippen LogP) is 3.51. The number of anilines is 1. The van der Waals surface area contributed by atoms with Gasteiger partial charge in [0.2, 0.25) is 5.91 Å². The van der Waals surface area contributed by atoms with E-state index in [1.165, 1.54) is 0 Å². The van der Waals surface area contributed by atoms with Crippen LogP contribution in [0.15, 0.2) is 34.7 Å². The highest BCUT2D eigenvalue weighted by Crippen LogP contribution is 2.24. The number of hydrogen-bond donors (Lipinski definition) is 2. The van der Waals surface area contributed by atoms with Crippen LogP contribution in [-0.4, -0.2) is 12.2 Å². The van der Waals surface area contributed by atoms with Crippen molar-refractivity contribution in [2.75, 3.05) is 11.6 Å². The Hall–Kier alpha value is -1.59. The Labute approximate surface area is 126 Å². The summed E-state index contributed by atoms with van der Waals surface area (Å²) in [4.78, 5) is 11.1. The van der Waals surface area contributed by atoms with Gasteiger partial charge in [0.05, 0.1) is 23.0 Å². The Bertz CT molecular complexity index is 613. The Morgan fingerprint density at radius 1 is 1.35 bits per heavy atom. The summed E-state index contributed by atoms with van der Waals surface area (Å²) in [6, 6.07) is 8.75. The zero-order valence-corrected chi connectivity index (χ0v) is 12.6. The maximum atomic E-state index is 11.1. The average Bonchev–Trinajstić information content (AvgIpc) is 2.86. The first kappa shape index (κ1) is 14.8. The molecule has 1 amide bonds. The maximum absolute atomic E-state index is 11.1. The molecule has 0 fully saturated rings. The van der Waals surface area contributed by atoms with E-state index in [0.29, 0.717) is 22.8 Å². The van der Waals surface area contributed by atoms with Crippen molar-refractivity contribution >= 4 is 35.0 Å². The van der Waals surface area contributed by atoms with Gasteiger partial charge in [-0.15, -0.1) is 0 Å². The molecule has 0 saturated carbocycles. The highest BCUT2D eigenvalue weighted by molar-refractivity contribution is 7.97. The zero-order chi connectivity index (χ0) is 14.5. The van der Waals surface area contributed by atoms with Gasteiger partial charge in [0.25, 0.3) is 0 Å². The molecule has 2 aromatic rings. The van der Waals surface area contributed by atoms with Crippen LogP contribution in [0.4, 0.5) is 5.69 Å². The number of carbonyl (C=O) groups excluding carboxylic acids is 1. The van der Waals surface area contributed by atoms with E-state index in [2.05, 4.69) is 5.32 Å². The number of primary amides is 1. The van der Waals surface area contributed by atoms with Crippen LogP contribution >= 0.6 is 23.4 Å². The molecule has 20 heavy (non-hydrogen) atoms. The maximum Gasteiger partial charge on any atom is 0.248 e. The molecule has 0 saturated heterocycles. The van der Waals surface area contributed by atoms with E-state index in [-0.39, 0.29) is 0 Å². The molecule has 0 aliphatic rings. The van der Waals surface area contributed by atoms with Gasteiger partial charge < -0.3 is 15.5 Å². The lowest BCUT2D eigenvalue weighted by atomic mass is 10.2. The van der Waals surface area contributed by atoms with Crippen LogP contribution in [-0.2, 0) is 12.3 Å². The van der Waals surface area contributed by atoms with Crippen molar-refractivity contribution in [1.82, 2.24) is 0 Å². The fourth-order valence-corrected chi connectivity index (χ4v) is 2.36. The summed E-state index contributed by atoms with van der Waals surface area (Å²) in [6.07, 6.45) is 2.02. The van der Waals surface area contributed by atoms with E-state index in [9.17, 15) is 4.79 Å². The van der Waals surface area contributed by atoms with Crippen molar-refractivity contribution in [1.29, 1.82) is 0 Å². The molecule has 1 heterocycles. The molecule has 0 unspecified atom stereocenters. The predicted molar refractivity (Wildman–Crippen MR) is 83.2 cm³/mol. The second-order valence-corrected chi connectivity index (χ2v) is 5.49. The van der Waals surface area contributed by atoms with Gasteiger partial charge in [-0.05, 0) is 36.6 Å². The van der Waals surface area contributed by atoms with Crippen molar-refractivity contribution < 1.29 is 9.21 Å². The summed E-state index contributed by atoms with van der Waals surface area (Å²) in [7, 11) is 0. The van der Waals surface area contributed by atoms with E-state index in [1.54, 1.807) is 30.0 Å². The monoisotopic (exact) mass is 310 g/mol. The fraction of sp³-hybridized carbons (Fsp3) is 0.214. The standard InChI is InChI=1S/C14H15ClN2O2S/c1-20-8-11-4-3-10(19-11)7-17-13-6-9(14(16)18)2-5-12(13)15/h2-6,17H,7-8H2,1H3,(H2,16,18). The molecule has 0 atom stereocenters. The van der Waals surface area contributed by atoms with Crippen LogP contribution in [0.5, 0.6) is 0 Å². The fourth-order valence-electron chi connectivity index (χ4n) is 1.73. The van der Waals surface area contributed by atoms with Gasteiger partial charge in [-0.3, -0.25) is 4.79 Å². The molecule has 0 spiro atoms. The number of rotatable bonds is 6. The number of nitrogens with one attached hydrogen (secondary N) is 1. The van der Waals surface area contributed by atoms with Gasteiger partial charge in [0, 0.05) is 5.56 Å². The lowest BCUT2D eigenvalue weighted by Gasteiger charge is -2.08. The molecule has 1 aromatic heterocycles. The number of nitrogens with two attached hydrogens (primary N) is 1. The first-order valence-electron chi connectivity index (χ1n) is 6.00. The highest BCUT2D eigenvalue weighted by Gasteiger charge is 2.07. The SMILES string of the molecule is CSCc1ccc(CNc2cc(C(N)=O)ccc2Cl)o1. The zero-order valence-electron chi connectivity index (χ0n) is 11.0. The minimum Gasteiger partial charge on any atom is -0.463 e. The van der Waals surface area contributed by atoms with Crippen molar-refractivity contribution in [3.05, 3.63) is 52.4 Å². The van der Waals surface area contributed by atoms with Crippen molar-refractivity contribution in [3.63, 3.8) is 0 Å². The number of halogens is 1. The molecule has 0 radical (unpaired) electrons. The third-order valence-electron chi connectivity index (χ3n) is 2.71. The largest absolute Gasteiger partial charge is 0.463 e. The number of thioether (sulfide) groups is 1. The topological polar surface area (TPSA) is 68.3 Å². The highest BCUT2D eigenvalue weighted by atomic mass is 35.5. The summed E-state index contributed by atoms with van der Waals surface area (Å²) in [5, 5.41) is 3.67. The minimum atomic E-state index is -0.482. The van der Waals surface area contributed by atoms with Crippen molar-refractivity contribution in [2.45, 2.75) is 12.3 Å². The lowest BCUT2D eigenvalue weighted by Crippen LogP contribution is -2.11. The summed E-state index contributed by atoms with van der Waals surface area (Å²) in [6.45, 7) is 0.496. The van der Waals surface area contributed by atoms with Crippen molar-refractivity contribution in [3.8, 4) is 0 Å². The first-order chi connectivity index (χ1) is 9.60. The van der Waals surface area contributed by atoms with Gasteiger partial charge in [-0.1, -0.05) is 11.6 Å². The second-order valence-electron chi connectivity index (χ2n) is 4.21. The second kappa shape index (κ2) is 6.72. The normalized spacial score (nSPS) is 10.5. The number of benzene rings is 1. The Morgan fingerprint density at radius 3 is 2.80 bits per heavy atom. The molecule has 2 rings (SSSR count). The van der Waals surface area contributed by atoms with Crippen molar-refractivity contribution in [2.24, 2.45) is 5.73 Å². The Balaban J connectivity index is 2.05. The number of furan rings is 1. The van der Waals surface area contributed by atoms with Crippen LogP contribution in [0.25, 0.3) is 0 Å². The average molecular weight is 311 g/mol. The minimum absolute atomic E-state index is 0.416. The molecule has 4 nitrogen and oxygen atoms in total. The summed E-state index contributed by atoms with van der Waals surface area (Å²) in [5.74, 6) is 2.11. The molecule has 0 aliphatic carbocycles. The van der Waals surface area contributed by atoms with E-state index in [0.717, 1.165) is 17.3 Å². The summed E-state index contributed by atoms with van der Waals surface area (Å²) in [5.41, 5.74) is 6.32. The number of carbonyl (C=O) groups is 1. The smallest absolute Gasteiger partial charge is 0.248 e. The van der Waals surface area contributed by atoms with Gasteiger partial charge in [-0.25, -0.2) is 0 Å². The van der Waals surface area contributed by atoms with Crippen LogP contribution in [0, 0.1) is 0 Å². The van der Waals surface area contributed by atoms with E-state index in [4.69, 9.17) is 21.8 Å². The Morgan fingerprint density at radius 2 is 2.10 bits per heavy atom. The first-order valence-corrected chi connectivity index (χ1v) is 7.77.